The average molecular weight is 354 g/mol. The predicted molar refractivity (Wildman–Crippen MR) is 99.3 cm³/mol. The molecule has 0 aliphatic rings. The van der Waals surface area contributed by atoms with E-state index in [1.54, 1.807) is 24.3 Å². The van der Waals surface area contributed by atoms with Crippen LogP contribution in [0.1, 0.15) is 36.2 Å². The van der Waals surface area contributed by atoms with Crippen LogP contribution in [-0.4, -0.2) is 30.8 Å². The van der Waals surface area contributed by atoms with Crippen LogP contribution in [0.25, 0.3) is 0 Å². The van der Waals surface area contributed by atoms with Crippen LogP contribution >= 0.6 is 0 Å². The van der Waals surface area contributed by atoms with E-state index >= 15 is 0 Å². The summed E-state index contributed by atoms with van der Waals surface area (Å²) in [5, 5.41) is 4.05. The van der Waals surface area contributed by atoms with Crippen molar-refractivity contribution in [2.45, 2.75) is 20.3 Å². The van der Waals surface area contributed by atoms with Gasteiger partial charge in [0.1, 0.15) is 5.75 Å². The molecule has 1 amide bonds. The number of ether oxygens (including phenoxy) is 2. The summed E-state index contributed by atoms with van der Waals surface area (Å²) in [5.74, 6) is -0.260. The van der Waals surface area contributed by atoms with E-state index in [1.165, 1.54) is 0 Å². The SMILES string of the molecule is CCCOC(=O)c1ccc(OCC(=O)NN=C(C)c2ccccc2)cc1. The fourth-order valence-electron chi connectivity index (χ4n) is 2.04. The molecule has 0 spiro atoms. The van der Waals surface area contributed by atoms with E-state index in [9.17, 15) is 9.59 Å². The summed E-state index contributed by atoms with van der Waals surface area (Å²) in [4.78, 5) is 23.5. The maximum absolute atomic E-state index is 11.8. The van der Waals surface area contributed by atoms with Crippen molar-refractivity contribution in [2.75, 3.05) is 13.2 Å². The van der Waals surface area contributed by atoms with E-state index in [-0.39, 0.29) is 18.5 Å². The van der Waals surface area contributed by atoms with Crippen molar-refractivity contribution >= 4 is 17.6 Å². The molecular weight excluding hydrogens is 332 g/mol. The number of rotatable bonds is 8. The Morgan fingerprint density at radius 1 is 1.00 bits per heavy atom. The van der Waals surface area contributed by atoms with Crippen LogP contribution in [0.5, 0.6) is 5.75 Å². The van der Waals surface area contributed by atoms with Crippen molar-refractivity contribution in [3.8, 4) is 5.75 Å². The second-order valence-corrected chi connectivity index (χ2v) is 5.55. The molecule has 0 saturated heterocycles. The number of hydrazone groups is 1. The smallest absolute Gasteiger partial charge is 0.338 e. The van der Waals surface area contributed by atoms with Gasteiger partial charge in [0.15, 0.2) is 6.61 Å². The monoisotopic (exact) mass is 354 g/mol. The number of esters is 1. The number of nitrogens with one attached hydrogen (secondary N) is 1. The zero-order valence-corrected chi connectivity index (χ0v) is 14.9. The zero-order valence-electron chi connectivity index (χ0n) is 14.9. The number of hydrogen-bond donors (Lipinski definition) is 1. The fourth-order valence-corrected chi connectivity index (χ4v) is 2.04. The predicted octanol–water partition coefficient (Wildman–Crippen LogP) is 3.17. The summed E-state index contributed by atoms with van der Waals surface area (Å²) >= 11 is 0. The standard InChI is InChI=1S/C20H22N2O4/c1-3-13-25-20(24)17-9-11-18(12-10-17)26-14-19(23)22-21-15(2)16-7-5-4-6-8-16/h4-12H,3,13-14H2,1-2H3,(H,22,23). The minimum atomic E-state index is -0.373. The Morgan fingerprint density at radius 3 is 2.35 bits per heavy atom. The first-order valence-corrected chi connectivity index (χ1v) is 8.38. The molecule has 2 aromatic rings. The summed E-state index contributed by atoms with van der Waals surface area (Å²) in [6.07, 6.45) is 0.772. The number of hydrogen-bond acceptors (Lipinski definition) is 5. The van der Waals surface area contributed by atoms with Gasteiger partial charge in [0.2, 0.25) is 0 Å². The molecule has 0 fully saturated rings. The van der Waals surface area contributed by atoms with Crippen LogP contribution in [0.2, 0.25) is 0 Å². The maximum atomic E-state index is 11.8. The molecule has 136 valence electrons. The highest BCUT2D eigenvalue weighted by Gasteiger charge is 2.07. The molecule has 0 atom stereocenters. The Labute approximate surface area is 152 Å². The van der Waals surface area contributed by atoms with Crippen LogP contribution < -0.4 is 10.2 Å². The number of carbonyl (C=O) groups excluding carboxylic acids is 2. The average Bonchev–Trinajstić information content (AvgIpc) is 2.69. The maximum Gasteiger partial charge on any atom is 0.338 e. The number of benzene rings is 2. The highest BCUT2D eigenvalue weighted by Crippen LogP contribution is 2.13. The largest absolute Gasteiger partial charge is 0.484 e. The Morgan fingerprint density at radius 2 is 1.69 bits per heavy atom. The summed E-state index contributed by atoms with van der Waals surface area (Å²) < 4.78 is 10.4. The third kappa shape index (κ3) is 6.05. The van der Waals surface area contributed by atoms with Crippen molar-refractivity contribution in [1.82, 2.24) is 5.43 Å². The molecule has 2 aromatic carbocycles. The molecule has 0 unspecified atom stereocenters. The Balaban J connectivity index is 1.81. The Hall–Kier alpha value is -3.15. The molecule has 0 aliphatic carbocycles. The molecule has 2 rings (SSSR count). The van der Waals surface area contributed by atoms with Crippen LogP contribution in [0.3, 0.4) is 0 Å². The summed E-state index contributed by atoms with van der Waals surface area (Å²) in [5.41, 5.74) is 4.53. The van der Waals surface area contributed by atoms with Crippen molar-refractivity contribution < 1.29 is 19.1 Å². The second-order valence-electron chi connectivity index (χ2n) is 5.55. The molecule has 0 bridgehead atoms. The molecule has 6 heteroatoms. The van der Waals surface area contributed by atoms with Gasteiger partial charge in [-0.25, -0.2) is 10.2 Å². The summed E-state index contributed by atoms with van der Waals surface area (Å²) in [6, 6.07) is 16.0. The molecule has 0 saturated carbocycles. The number of amides is 1. The highest BCUT2D eigenvalue weighted by molar-refractivity contribution is 5.99. The summed E-state index contributed by atoms with van der Waals surface area (Å²) in [6.45, 7) is 3.96. The number of carbonyl (C=O) groups is 2. The lowest BCUT2D eigenvalue weighted by Crippen LogP contribution is -2.25. The molecule has 0 aromatic heterocycles. The molecule has 0 heterocycles. The minimum Gasteiger partial charge on any atom is -0.484 e. The third-order valence-corrected chi connectivity index (χ3v) is 3.44. The molecular formula is C20H22N2O4. The quantitative estimate of drug-likeness (QED) is 0.449. The molecule has 6 nitrogen and oxygen atoms in total. The zero-order chi connectivity index (χ0) is 18.8. The van der Waals surface area contributed by atoms with Gasteiger partial charge in [-0.3, -0.25) is 4.79 Å². The minimum absolute atomic E-state index is 0.175. The van der Waals surface area contributed by atoms with E-state index in [4.69, 9.17) is 9.47 Å². The van der Waals surface area contributed by atoms with E-state index in [1.807, 2.05) is 44.2 Å². The van der Waals surface area contributed by atoms with Crippen LogP contribution in [0.15, 0.2) is 59.7 Å². The first-order chi connectivity index (χ1) is 12.6. The van der Waals surface area contributed by atoms with Gasteiger partial charge in [0.25, 0.3) is 5.91 Å². The van der Waals surface area contributed by atoms with E-state index < -0.39 is 0 Å². The normalized spacial score (nSPS) is 10.9. The van der Waals surface area contributed by atoms with Gasteiger partial charge in [-0.15, -0.1) is 0 Å². The van der Waals surface area contributed by atoms with Gasteiger partial charge in [0, 0.05) is 0 Å². The molecule has 0 radical (unpaired) electrons. The first-order valence-electron chi connectivity index (χ1n) is 8.38. The molecule has 0 aliphatic heterocycles. The van der Waals surface area contributed by atoms with Gasteiger partial charge >= 0.3 is 5.97 Å². The van der Waals surface area contributed by atoms with E-state index in [2.05, 4.69) is 10.5 Å². The highest BCUT2D eigenvalue weighted by atomic mass is 16.5. The first kappa shape index (κ1) is 19.2. The van der Waals surface area contributed by atoms with Gasteiger partial charge in [0.05, 0.1) is 17.9 Å². The molecule has 1 N–H and O–H groups in total. The van der Waals surface area contributed by atoms with Crippen LogP contribution in [0, 0.1) is 0 Å². The van der Waals surface area contributed by atoms with Crippen molar-refractivity contribution in [1.29, 1.82) is 0 Å². The fraction of sp³-hybridized carbons (Fsp3) is 0.250. The number of nitrogens with zero attached hydrogens (tertiary/aromatic N) is 1. The van der Waals surface area contributed by atoms with Crippen molar-refractivity contribution in [3.63, 3.8) is 0 Å². The van der Waals surface area contributed by atoms with Gasteiger partial charge in [-0.2, -0.15) is 5.10 Å². The summed E-state index contributed by atoms with van der Waals surface area (Å²) in [7, 11) is 0. The van der Waals surface area contributed by atoms with E-state index in [0.717, 1.165) is 12.0 Å². The lowest BCUT2D eigenvalue weighted by Gasteiger charge is -2.07. The van der Waals surface area contributed by atoms with Crippen LogP contribution in [-0.2, 0) is 9.53 Å². The third-order valence-electron chi connectivity index (χ3n) is 3.44. The van der Waals surface area contributed by atoms with Crippen molar-refractivity contribution in [2.24, 2.45) is 5.10 Å². The lowest BCUT2D eigenvalue weighted by atomic mass is 10.1. The lowest BCUT2D eigenvalue weighted by molar-refractivity contribution is -0.123. The van der Waals surface area contributed by atoms with Gasteiger partial charge in [-0.05, 0) is 43.2 Å². The molecule has 26 heavy (non-hydrogen) atoms. The van der Waals surface area contributed by atoms with Gasteiger partial charge in [-0.1, -0.05) is 37.3 Å². The van der Waals surface area contributed by atoms with Gasteiger partial charge < -0.3 is 9.47 Å². The Bertz CT molecular complexity index is 755. The Kier molecular flexibility index (Phi) is 7.36. The second kappa shape index (κ2) is 9.98. The topological polar surface area (TPSA) is 77.0 Å². The van der Waals surface area contributed by atoms with Crippen LogP contribution in [0.4, 0.5) is 0 Å². The van der Waals surface area contributed by atoms with E-state index in [0.29, 0.717) is 23.6 Å². The van der Waals surface area contributed by atoms with Crippen molar-refractivity contribution in [3.05, 3.63) is 65.7 Å².